The third-order valence-corrected chi connectivity index (χ3v) is 5.14. The summed E-state index contributed by atoms with van der Waals surface area (Å²) >= 11 is 0. The van der Waals surface area contributed by atoms with E-state index < -0.39 is 0 Å². The van der Waals surface area contributed by atoms with E-state index in [-0.39, 0.29) is 24.0 Å². The highest BCUT2D eigenvalue weighted by Crippen LogP contribution is 2.23. The molecule has 1 aliphatic rings. The highest BCUT2D eigenvalue weighted by Gasteiger charge is 2.22. The molecule has 1 saturated heterocycles. The van der Waals surface area contributed by atoms with Crippen LogP contribution in [0.3, 0.4) is 0 Å². The topological polar surface area (TPSA) is 38.1 Å². The first-order valence-electron chi connectivity index (χ1n) is 9.19. The second-order valence-electron chi connectivity index (χ2n) is 6.88. The molecule has 1 aromatic heterocycles. The molecule has 1 aliphatic heterocycles. The van der Waals surface area contributed by atoms with Crippen LogP contribution in [-0.4, -0.2) is 27.5 Å². The molecule has 0 aliphatic carbocycles. The van der Waals surface area contributed by atoms with Gasteiger partial charge < -0.3 is 0 Å². The normalized spacial score (nSPS) is 15.3. The fourth-order valence-corrected chi connectivity index (χ4v) is 3.70. The van der Waals surface area contributed by atoms with Crippen molar-refractivity contribution in [1.82, 2.24) is 14.5 Å². The maximum atomic E-state index is 13.0. The van der Waals surface area contributed by atoms with Crippen molar-refractivity contribution in [2.75, 3.05) is 13.1 Å². The lowest BCUT2D eigenvalue weighted by molar-refractivity contribution is 0.177. The summed E-state index contributed by atoms with van der Waals surface area (Å²) in [7, 11) is 0. The second-order valence-corrected chi connectivity index (χ2v) is 6.88. The fourth-order valence-electron chi connectivity index (χ4n) is 3.70. The van der Waals surface area contributed by atoms with Crippen LogP contribution in [0.2, 0.25) is 0 Å². The molecule has 140 valence electrons. The van der Waals surface area contributed by atoms with Gasteiger partial charge in [0.1, 0.15) is 0 Å². The van der Waals surface area contributed by atoms with Gasteiger partial charge in [-0.15, -0.1) is 12.4 Å². The van der Waals surface area contributed by atoms with Crippen LogP contribution >= 0.6 is 12.4 Å². The third kappa shape index (κ3) is 4.46. The van der Waals surface area contributed by atoms with Gasteiger partial charge in [-0.1, -0.05) is 60.7 Å². The Hall–Kier alpha value is -2.43. The molecule has 2 aromatic carbocycles. The minimum atomic E-state index is 0. The Labute approximate surface area is 165 Å². The van der Waals surface area contributed by atoms with Crippen LogP contribution in [0, 0.1) is 0 Å². The van der Waals surface area contributed by atoms with E-state index in [2.05, 4.69) is 40.2 Å². The van der Waals surface area contributed by atoms with Gasteiger partial charge in [0.15, 0.2) is 0 Å². The summed E-state index contributed by atoms with van der Waals surface area (Å²) < 4.78 is 1.84. The largest absolute Gasteiger partial charge is 0.299 e. The van der Waals surface area contributed by atoms with E-state index >= 15 is 0 Å². The lowest BCUT2D eigenvalue weighted by Crippen LogP contribution is -2.37. The number of halogens is 1. The summed E-state index contributed by atoms with van der Waals surface area (Å²) in [4.78, 5) is 19.7. The van der Waals surface area contributed by atoms with Gasteiger partial charge in [0.05, 0.1) is 11.9 Å². The molecular formula is C22H24ClN3O. The van der Waals surface area contributed by atoms with E-state index in [0.717, 1.165) is 38.0 Å². The summed E-state index contributed by atoms with van der Waals surface area (Å²) in [6, 6.07) is 20.6. The van der Waals surface area contributed by atoms with Crippen LogP contribution in [0.5, 0.6) is 0 Å². The van der Waals surface area contributed by atoms with Crippen molar-refractivity contribution in [1.29, 1.82) is 0 Å². The quantitative estimate of drug-likeness (QED) is 0.680. The summed E-state index contributed by atoms with van der Waals surface area (Å²) in [5, 5.41) is 0. The SMILES string of the molecule is Cl.O=c1c(-c2ccccc2)cncn1C1CCN(Cc2ccccc2)CC1. The third-order valence-electron chi connectivity index (χ3n) is 5.14. The van der Waals surface area contributed by atoms with Crippen LogP contribution in [0.4, 0.5) is 0 Å². The Kier molecular flexibility index (Phi) is 6.43. The van der Waals surface area contributed by atoms with Crippen LogP contribution in [-0.2, 0) is 6.54 Å². The van der Waals surface area contributed by atoms with Crippen LogP contribution in [0.25, 0.3) is 11.1 Å². The van der Waals surface area contributed by atoms with Crippen molar-refractivity contribution in [3.8, 4) is 11.1 Å². The summed E-state index contributed by atoms with van der Waals surface area (Å²) in [5.74, 6) is 0. The number of hydrogen-bond donors (Lipinski definition) is 0. The van der Waals surface area contributed by atoms with Crippen LogP contribution in [0.1, 0.15) is 24.4 Å². The van der Waals surface area contributed by atoms with Crippen molar-refractivity contribution in [2.45, 2.75) is 25.4 Å². The Balaban J connectivity index is 0.00000210. The number of likely N-dealkylation sites (tertiary alicyclic amines) is 1. The molecule has 0 bridgehead atoms. The highest BCUT2D eigenvalue weighted by atomic mass is 35.5. The molecule has 0 saturated carbocycles. The molecule has 1 fully saturated rings. The molecule has 5 heteroatoms. The molecular weight excluding hydrogens is 358 g/mol. The molecule has 4 rings (SSSR count). The van der Waals surface area contributed by atoms with Gasteiger partial charge in [0, 0.05) is 31.9 Å². The Bertz CT molecular complexity index is 904. The molecule has 0 N–H and O–H groups in total. The zero-order valence-corrected chi connectivity index (χ0v) is 16.0. The van der Waals surface area contributed by atoms with Crippen molar-refractivity contribution in [3.63, 3.8) is 0 Å². The predicted molar refractivity (Wildman–Crippen MR) is 111 cm³/mol. The van der Waals surface area contributed by atoms with Crippen LogP contribution in [0.15, 0.2) is 78.0 Å². The molecule has 0 unspecified atom stereocenters. The fraction of sp³-hybridized carbons (Fsp3) is 0.273. The van der Waals surface area contributed by atoms with Crippen molar-refractivity contribution >= 4 is 12.4 Å². The summed E-state index contributed by atoms with van der Waals surface area (Å²) in [5.41, 5.74) is 3.02. The van der Waals surface area contributed by atoms with E-state index in [1.54, 1.807) is 12.5 Å². The molecule has 2 heterocycles. The molecule has 0 radical (unpaired) electrons. The van der Waals surface area contributed by atoms with Gasteiger partial charge in [0.25, 0.3) is 5.56 Å². The van der Waals surface area contributed by atoms with Crippen molar-refractivity contribution in [2.24, 2.45) is 0 Å². The molecule has 0 atom stereocenters. The Morgan fingerprint density at radius 2 is 1.56 bits per heavy atom. The molecule has 27 heavy (non-hydrogen) atoms. The van der Waals surface area contributed by atoms with E-state index in [1.165, 1.54) is 5.56 Å². The van der Waals surface area contributed by atoms with Gasteiger partial charge in [-0.2, -0.15) is 0 Å². The smallest absolute Gasteiger partial charge is 0.261 e. The minimum absolute atomic E-state index is 0. The van der Waals surface area contributed by atoms with Gasteiger partial charge in [-0.05, 0) is 24.0 Å². The Morgan fingerprint density at radius 3 is 2.22 bits per heavy atom. The first-order valence-corrected chi connectivity index (χ1v) is 9.19. The number of aromatic nitrogens is 2. The van der Waals surface area contributed by atoms with Crippen molar-refractivity contribution < 1.29 is 0 Å². The first-order chi connectivity index (χ1) is 12.8. The lowest BCUT2D eigenvalue weighted by Gasteiger charge is -2.32. The first kappa shape index (κ1) is 19.3. The van der Waals surface area contributed by atoms with Gasteiger partial charge in [0.2, 0.25) is 0 Å². The minimum Gasteiger partial charge on any atom is -0.299 e. The monoisotopic (exact) mass is 381 g/mol. The summed E-state index contributed by atoms with van der Waals surface area (Å²) in [6.07, 6.45) is 5.34. The van der Waals surface area contributed by atoms with Gasteiger partial charge >= 0.3 is 0 Å². The molecule has 0 amide bonds. The van der Waals surface area contributed by atoms with Crippen molar-refractivity contribution in [3.05, 3.63) is 89.1 Å². The van der Waals surface area contributed by atoms with Gasteiger partial charge in [-0.25, -0.2) is 4.98 Å². The number of benzene rings is 2. The highest BCUT2D eigenvalue weighted by molar-refractivity contribution is 5.85. The standard InChI is InChI=1S/C22H23N3O.ClH/c26-22-21(19-9-5-2-6-10-19)15-23-17-25(22)20-11-13-24(14-12-20)16-18-7-3-1-4-8-18;/h1-10,15,17,20H,11-14,16H2;1H. The predicted octanol–water partition coefficient (Wildman–Crippen LogP) is 4.17. The molecule has 0 spiro atoms. The summed E-state index contributed by atoms with van der Waals surface area (Å²) in [6.45, 7) is 2.98. The Morgan fingerprint density at radius 1 is 0.926 bits per heavy atom. The maximum absolute atomic E-state index is 13.0. The van der Waals surface area contributed by atoms with Crippen LogP contribution < -0.4 is 5.56 Å². The number of rotatable bonds is 4. The van der Waals surface area contributed by atoms with E-state index in [9.17, 15) is 4.79 Å². The second kappa shape index (κ2) is 8.98. The maximum Gasteiger partial charge on any atom is 0.261 e. The van der Waals surface area contributed by atoms with E-state index in [4.69, 9.17) is 0 Å². The average molecular weight is 382 g/mol. The lowest BCUT2D eigenvalue weighted by atomic mass is 10.0. The van der Waals surface area contributed by atoms with E-state index in [1.807, 2.05) is 34.9 Å². The zero-order valence-electron chi connectivity index (χ0n) is 15.2. The average Bonchev–Trinajstić information content (AvgIpc) is 2.70. The number of piperidine rings is 1. The van der Waals surface area contributed by atoms with Gasteiger partial charge in [-0.3, -0.25) is 14.3 Å². The molecule has 4 nitrogen and oxygen atoms in total. The number of hydrogen-bond acceptors (Lipinski definition) is 3. The number of nitrogens with zero attached hydrogens (tertiary/aromatic N) is 3. The zero-order chi connectivity index (χ0) is 17.8. The van der Waals surface area contributed by atoms with E-state index in [0.29, 0.717) is 5.56 Å². The molecule has 3 aromatic rings.